The van der Waals surface area contributed by atoms with Crippen LogP contribution in [0.2, 0.25) is 5.02 Å². The molecule has 0 aliphatic rings. The molecule has 1 unspecified atom stereocenters. The van der Waals surface area contributed by atoms with Gasteiger partial charge in [0.25, 0.3) is 5.91 Å². The van der Waals surface area contributed by atoms with E-state index < -0.39 is 21.7 Å². The van der Waals surface area contributed by atoms with Gasteiger partial charge in [-0.3, -0.25) is 4.79 Å². The molecule has 142 valence electrons. The second-order valence-corrected chi connectivity index (χ2v) is 8.87. The number of aryl methyl sites for hydroxylation is 1. The number of hydrogen-bond donors (Lipinski definition) is 1. The van der Waals surface area contributed by atoms with Crippen molar-refractivity contribution in [1.29, 1.82) is 0 Å². The molecule has 0 fully saturated rings. The second kappa shape index (κ2) is 6.98. The molecular formula is C19H18ClFN2O3S. The van der Waals surface area contributed by atoms with Crippen LogP contribution in [0.4, 0.5) is 4.39 Å². The fraction of sp³-hybridized carbons (Fsp3) is 0.211. The Kier molecular flexibility index (Phi) is 5.01. The summed E-state index contributed by atoms with van der Waals surface area (Å²) in [5.41, 5.74) is 1.73. The van der Waals surface area contributed by atoms with Crippen LogP contribution in [0.15, 0.2) is 47.4 Å². The highest BCUT2D eigenvalue weighted by Gasteiger charge is 2.19. The number of aromatic nitrogens is 1. The van der Waals surface area contributed by atoms with Gasteiger partial charge in [-0.25, -0.2) is 12.8 Å². The van der Waals surface area contributed by atoms with Crippen molar-refractivity contribution in [2.24, 2.45) is 7.05 Å². The summed E-state index contributed by atoms with van der Waals surface area (Å²) >= 11 is 6.01. The number of carbonyl (C=O) groups excluding carboxylic acids is 1. The fourth-order valence-corrected chi connectivity index (χ4v) is 3.86. The maximum atomic E-state index is 14.1. The highest BCUT2D eigenvalue weighted by molar-refractivity contribution is 7.90. The van der Waals surface area contributed by atoms with Crippen molar-refractivity contribution >= 4 is 38.2 Å². The van der Waals surface area contributed by atoms with Crippen molar-refractivity contribution in [2.75, 3.05) is 6.26 Å². The molecule has 0 saturated heterocycles. The van der Waals surface area contributed by atoms with Crippen LogP contribution in [-0.4, -0.2) is 25.1 Å². The zero-order valence-electron chi connectivity index (χ0n) is 15.0. The lowest BCUT2D eigenvalue weighted by atomic mass is 10.1. The number of sulfone groups is 1. The molecule has 1 amide bonds. The van der Waals surface area contributed by atoms with Crippen LogP contribution in [-0.2, 0) is 16.9 Å². The summed E-state index contributed by atoms with van der Waals surface area (Å²) in [6.45, 7) is 1.70. The van der Waals surface area contributed by atoms with Gasteiger partial charge in [-0.15, -0.1) is 0 Å². The third kappa shape index (κ3) is 3.84. The molecule has 5 nitrogen and oxygen atoms in total. The maximum absolute atomic E-state index is 14.1. The molecule has 0 spiro atoms. The van der Waals surface area contributed by atoms with Gasteiger partial charge in [-0.05, 0) is 42.8 Å². The van der Waals surface area contributed by atoms with Crippen molar-refractivity contribution < 1.29 is 17.6 Å². The van der Waals surface area contributed by atoms with Crippen molar-refractivity contribution in [3.8, 4) is 0 Å². The lowest BCUT2D eigenvalue weighted by Crippen LogP contribution is -2.28. The Bertz CT molecular complexity index is 1160. The highest BCUT2D eigenvalue weighted by Crippen LogP contribution is 2.24. The molecule has 3 aromatic rings. The Morgan fingerprint density at radius 2 is 1.89 bits per heavy atom. The molecule has 0 radical (unpaired) electrons. The Labute approximate surface area is 161 Å². The quantitative estimate of drug-likeness (QED) is 0.712. The van der Waals surface area contributed by atoms with Crippen LogP contribution in [0.1, 0.15) is 29.0 Å². The molecule has 1 atom stereocenters. The molecule has 1 heterocycles. The van der Waals surface area contributed by atoms with E-state index in [1.54, 1.807) is 36.7 Å². The van der Waals surface area contributed by atoms with E-state index in [1.807, 2.05) is 6.07 Å². The van der Waals surface area contributed by atoms with Gasteiger partial charge in [-0.2, -0.15) is 0 Å². The number of nitrogens with zero attached hydrogens (tertiary/aromatic N) is 1. The number of benzene rings is 2. The van der Waals surface area contributed by atoms with E-state index in [2.05, 4.69) is 5.32 Å². The van der Waals surface area contributed by atoms with Gasteiger partial charge in [0, 0.05) is 29.2 Å². The molecule has 2 aromatic carbocycles. The molecule has 3 rings (SSSR count). The average molecular weight is 409 g/mol. The molecule has 27 heavy (non-hydrogen) atoms. The number of halogens is 2. The van der Waals surface area contributed by atoms with Crippen LogP contribution in [0.25, 0.3) is 10.9 Å². The van der Waals surface area contributed by atoms with E-state index in [-0.39, 0.29) is 10.8 Å². The normalized spacial score (nSPS) is 12.9. The van der Waals surface area contributed by atoms with E-state index in [9.17, 15) is 17.6 Å². The Morgan fingerprint density at radius 1 is 1.19 bits per heavy atom. The smallest absolute Gasteiger partial charge is 0.268 e. The average Bonchev–Trinajstić information content (AvgIpc) is 2.90. The summed E-state index contributed by atoms with van der Waals surface area (Å²) in [6, 6.07) is 10.4. The number of carbonyl (C=O) groups is 1. The number of hydrogen-bond acceptors (Lipinski definition) is 3. The molecule has 0 aliphatic heterocycles. The van der Waals surface area contributed by atoms with Crippen LogP contribution in [0.5, 0.6) is 0 Å². The minimum Gasteiger partial charge on any atom is -0.344 e. The second-order valence-electron chi connectivity index (χ2n) is 6.45. The zero-order valence-corrected chi connectivity index (χ0v) is 16.5. The van der Waals surface area contributed by atoms with E-state index in [0.717, 1.165) is 23.2 Å². The molecule has 1 aromatic heterocycles. The monoisotopic (exact) mass is 408 g/mol. The number of rotatable bonds is 4. The van der Waals surface area contributed by atoms with Gasteiger partial charge in [0.1, 0.15) is 16.4 Å². The SMILES string of the molecule is CC(NC(=O)c1cc2ccc(Cl)cc2n1C)c1ccc(S(C)(=O)=O)c(F)c1. The minimum absolute atomic E-state index is 0.329. The van der Waals surface area contributed by atoms with Gasteiger partial charge in [0.2, 0.25) is 0 Å². The Hall–Kier alpha value is -2.38. The van der Waals surface area contributed by atoms with E-state index >= 15 is 0 Å². The first-order valence-corrected chi connectivity index (χ1v) is 10.4. The molecule has 1 N–H and O–H groups in total. The van der Waals surface area contributed by atoms with Gasteiger partial charge < -0.3 is 9.88 Å². The first-order valence-electron chi connectivity index (χ1n) is 8.13. The fourth-order valence-electron chi connectivity index (χ4n) is 2.96. The Morgan fingerprint density at radius 3 is 2.52 bits per heavy atom. The maximum Gasteiger partial charge on any atom is 0.268 e. The summed E-state index contributed by atoms with van der Waals surface area (Å²) in [7, 11) is -1.88. The third-order valence-corrected chi connectivity index (χ3v) is 5.81. The third-order valence-electron chi connectivity index (χ3n) is 4.44. The van der Waals surface area contributed by atoms with Gasteiger partial charge in [0.15, 0.2) is 9.84 Å². The van der Waals surface area contributed by atoms with Gasteiger partial charge >= 0.3 is 0 Å². The predicted octanol–water partition coefficient (Wildman–Crippen LogP) is 3.87. The topological polar surface area (TPSA) is 68.2 Å². The standard InChI is InChI=1S/C19H18ClFN2O3S/c1-11(12-5-7-18(15(21)8-12)27(3,25)26)22-19(24)17-9-13-4-6-14(20)10-16(13)23(17)2/h4-11H,1-3H3,(H,22,24). The largest absolute Gasteiger partial charge is 0.344 e. The molecule has 0 bridgehead atoms. The van der Waals surface area contributed by atoms with Crippen molar-refractivity contribution in [1.82, 2.24) is 9.88 Å². The molecular weight excluding hydrogens is 391 g/mol. The van der Waals surface area contributed by atoms with Crippen LogP contribution >= 0.6 is 11.6 Å². The summed E-state index contributed by atoms with van der Waals surface area (Å²) in [5, 5.41) is 4.26. The predicted molar refractivity (Wildman–Crippen MR) is 103 cm³/mol. The van der Waals surface area contributed by atoms with E-state index in [1.165, 1.54) is 12.1 Å². The van der Waals surface area contributed by atoms with Crippen molar-refractivity contribution in [2.45, 2.75) is 17.9 Å². The summed E-state index contributed by atoms with van der Waals surface area (Å²) in [5.74, 6) is -1.17. The number of fused-ring (bicyclic) bond motifs is 1. The Balaban J connectivity index is 1.86. The van der Waals surface area contributed by atoms with E-state index in [4.69, 9.17) is 11.6 Å². The molecule has 0 aliphatic carbocycles. The first-order chi connectivity index (χ1) is 12.6. The van der Waals surface area contributed by atoms with Crippen LogP contribution < -0.4 is 5.32 Å². The van der Waals surface area contributed by atoms with Crippen LogP contribution in [0.3, 0.4) is 0 Å². The van der Waals surface area contributed by atoms with Gasteiger partial charge in [0.05, 0.1) is 6.04 Å². The minimum atomic E-state index is -3.64. The van der Waals surface area contributed by atoms with Crippen molar-refractivity contribution in [3.05, 3.63) is 64.6 Å². The lowest BCUT2D eigenvalue weighted by molar-refractivity contribution is 0.0932. The lowest BCUT2D eigenvalue weighted by Gasteiger charge is -2.15. The van der Waals surface area contributed by atoms with Crippen LogP contribution in [0, 0.1) is 5.82 Å². The van der Waals surface area contributed by atoms with Gasteiger partial charge in [-0.1, -0.05) is 23.7 Å². The zero-order chi connectivity index (χ0) is 19.9. The summed E-state index contributed by atoms with van der Waals surface area (Å²) < 4.78 is 38.9. The summed E-state index contributed by atoms with van der Waals surface area (Å²) in [6.07, 6.45) is 0.947. The van der Waals surface area contributed by atoms with Crippen molar-refractivity contribution in [3.63, 3.8) is 0 Å². The molecule has 8 heteroatoms. The number of nitrogens with one attached hydrogen (secondary N) is 1. The summed E-state index contributed by atoms with van der Waals surface area (Å²) in [4.78, 5) is 12.3. The number of amides is 1. The van der Waals surface area contributed by atoms with E-state index in [0.29, 0.717) is 16.3 Å². The first kappa shape index (κ1) is 19.4. The highest BCUT2D eigenvalue weighted by atomic mass is 35.5. The molecule has 0 saturated carbocycles.